The molecule has 0 fully saturated rings. The molecule has 0 unspecified atom stereocenters. The van der Waals surface area contributed by atoms with Crippen molar-refractivity contribution in [2.24, 2.45) is 0 Å². The third-order valence-corrected chi connectivity index (χ3v) is 4.10. The van der Waals surface area contributed by atoms with Gasteiger partial charge in [0.2, 0.25) is 11.9 Å². The number of amides is 1. The van der Waals surface area contributed by atoms with E-state index < -0.39 is 5.91 Å². The van der Waals surface area contributed by atoms with Crippen molar-refractivity contribution >= 4 is 34.4 Å². The van der Waals surface area contributed by atoms with E-state index in [4.69, 9.17) is 11.6 Å². The van der Waals surface area contributed by atoms with Crippen LogP contribution in [-0.4, -0.2) is 35.4 Å². The average molecular weight is 390 g/mol. The van der Waals surface area contributed by atoms with E-state index in [0.717, 1.165) is 4.68 Å². The number of hydrogen-bond donors (Lipinski definition) is 1. The van der Waals surface area contributed by atoms with Gasteiger partial charge < -0.3 is 0 Å². The largest absolute Gasteiger partial charge is 0.293 e. The van der Waals surface area contributed by atoms with Gasteiger partial charge in [-0.25, -0.2) is 14.6 Å². The van der Waals surface area contributed by atoms with E-state index in [1.807, 2.05) is 27.7 Å². The molecule has 0 saturated carbocycles. The molecule has 1 amide bonds. The Balaban J connectivity index is 1.96. The molecule has 3 rings (SSSR count). The maximum absolute atomic E-state index is 12.8. The van der Waals surface area contributed by atoms with Gasteiger partial charge in [-0.3, -0.25) is 19.6 Å². The highest BCUT2D eigenvalue weighted by Crippen LogP contribution is 2.20. The van der Waals surface area contributed by atoms with Crippen LogP contribution in [0.4, 0.5) is 5.95 Å². The molecule has 10 heteroatoms. The predicted molar refractivity (Wildman–Crippen MR) is 102 cm³/mol. The first-order valence-electron chi connectivity index (χ1n) is 8.53. The Hall–Kier alpha value is -2.81. The fourth-order valence-corrected chi connectivity index (χ4v) is 2.63. The molecule has 0 atom stereocenters. The summed E-state index contributed by atoms with van der Waals surface area (Å²) in [4.78, 5) is 32.9. The Morgan fingerprint density at radius 2 is 1.85 bits per heavy atom. The van der Waals surface area contributed by atoms with Crippen molar-refractivity contribution in [1.82, 2.24) is 29.5 Å². The summed E-state index contributed by atoms with van der Waals surface area (Å²) < 4.78 is 2.88. The summed E-state index contributed by atoms with van der Waals surface area (Å²) >= 11 is 5.72. The van der Waals surface area contributed by atoms with Gasteiger partial charge in [-0.15, -0.1) is 0 Å². The lowest BCUT2D eigenvalue weighted by Gasteiger charge is -2.10. The first kappa shape index (κ1) is 19.0. The summed E-state index contributed by atoms with van der Waals surface area (Å²) in [5.74, 6) is -0.315. The van der Waals surface area contributed by atoms with Crippen molar-refractivity contribution in [2.75, 3.05) is 5.32 Å². The van der Waals surface area contributed by atoms with Crippen LogP contribution in [0.15, 0.2) is 23.4 Å². The molecule has 9 nitrogen and oxygen atoms in total. The van der Waals surface area contributed by atoms with Crippen LogP contribution >= 0.6 is 11.6 Å². The van der Waals surface area contributed by atoms with Crippen LogP contribution in [0.2, 0.25) is 5.02 Å². The van der Waals surface area contributed by atoms with E-state index in [9.17, 15) is 9.59 Å². The highest BCUT2D eigenvalue weighted by atomic mass is 35.5. The second-order valence-electron chi connectivity index (χ2n) is 6.74. The van der Waals surface area contributed by atoms with E-state index >= 15 is 0 Å². The van der Waals surface area contributed by atoms with Crippen molar-refractivity contribution in [2.45, 2.75) is 46.2 Å². The highest BCUT2D eigenvalue weighted by Gasteiger charge is 2.19. The maximum atomic E-state index is 12.8. The standard InChI is InChI=1S/C17H20ClN7O2/c1-9(2)14-15-12(7-24(23-15)10(3)4)16(27)25(22-14)8-13(26)21-17-19-5-11(18)6-20-17/h5-7,9-10H,8H2,1-4H3,(H,19,20,21,26). The summed E-state index contributed by atoms with van der Waals surface area (Å²) in [5, 5.41) is 12.2. The first-order valence-corrected chi connectivity index (χ1v) is 8.91. The SMILES string of the molecule is CC(C)c1nn(CC(=O)Nc2ncc(Cl)cn2)c(=O)c2cn(C(C)C)nc12. The third kappa shape index (κ3) is 3.97. The van der Waals surface area contributed by atoms with Crippen LogP contribution in [-0.2, 0) is 11.3 Å². The lowest BCUT2D eigenvalue weighted by molar-refractivity contribution is -0.117. The molecule has 0 aliphatic heterocycles. The van der Waals surface area contributed by atoms with Gasteiger partial charge in [-0.2, -0.15) is 10.2 Å². The smallest absolute Gasteiger partial charge is 0.278 e. The predicted octanol–water partition coefficient (Wildman–Crippen LogP) is 2.38. The quantitative estimate of drug-likeness (QED) is 0.717. The van der Waals surface area contributed by atoms with Crippen molar-refractivity contribution in [1.29, 1.82) is 0 Å². The molecule has 0 aliphatic rings. The van der Waals surface area contributed by atoms with Crippen molar-refractivity contribution < 1.29 is 4.79 Å². The molecule has 0 radical (unpaired) electrons. The first-order chi connectivity index (χ1) is 12.8. The van der Waals surface area contributed by atoms with Gasteiger partial charge in [-0.1, -0.05) is 25.4 Å². The van der Waals surface area contributed by atoms with E-state index in [0.29, 0.717) is 21.6 Å². The zero-order valence-electron chi connectivity index (χ0n) is 15.5. The van der Waals surface area contributed by atoms with Gasteiger partial charge in [0.1, 0.15) is 12.1 Å². The summed E-state index contributed by atoms with van der Waals surface area (Å²) in [6.45, 7) is 7.63. The monoisotopic (exact) mass is 389 g/mol. The molecular weight excluding hydrogens is 370 g/mol. The zero-order chi connectivity index (χ0) is 19.7. The van der Waals surface area contributed by atoms with Crippen LogP contribution < -0.4 is 10.9 Å². The zero-order valence-corrected chi connectivity index (χ0v) is 16.2. The lowest BCUT2D eigenvalue weighted by Crippen LogP contribution is -2.31. The van der Waals surface area contributed by atoms with Gasteiger partial charge in [0.25, 0.3) is 5.56 Å². The number of halogens is 1. The molecule has 1 N–H and O–H groups in total. The second kappa shape index (κ2) is 7.43. The molecule has 0 saturated heterocycles. The molecule has 27 heavy (non-hydrogen) atoms. The Bertz CT molecular complexity index is 1040. The number of nitrogens with zero attached hydrogens (tertiary/aromatic N) is 6. The molecule has 0 aliphatic carbocycles. The Morgan fingerprint density at radius 3 is 2.44 bits per heavy atom. The number of anilines is 1. The number of hydrogen-bond acceptors (Lipinski definition) is 6. The van der Waals surface area contributed by atoms with Crippen LogP contribution in [0.1, 0.15) is 45.3 Å². The van der Waals surface area contributed by atoms with Crippen molar-refractivity contribution in [3.63, 3.8) is 0 Å². The van der Waals surface area contributed by atoms with E-state index in [-0.39, 0.29) is 30.0 Å². The Labute approximate surface area is 160 Å². The summed E-state index contributed by atoms with van der Waals surface area (Å²) in [5.41, 5.74) is 0.870. The van der Waals surface area contributed by atoms with Gasteiger partial charge in [0.15, 0.2) is 0 Å². The van der Waals surface area contributed by atoms with Crippen LogP contribution in [0.25, 0.3) is 10.9 Å². The van der Waals surface area contributed by atoms with Crippen LogP contribution in [0.3, 0.4) is 0 Å². The second-order valence-corrected chi connectivity index (χ2v) is 7.18. The molecule has 0 bridgehead atoms. The highest BCUT2D eigenvalue weighted by molar-refractivity contribution is 6.30. The van der Waals surface area contributed by atoms with Gasteiger partial charge >= 0.3 is 0 Å². The van der Waals surface area contributed by atoms with Gasteiger partial charge in [0, 0.05) is 12.2 Å². The van der Waals surface area contributed by atoms with E-state index in [1.54, 1.807) is 10.9 Å². The van der Waals surface area contributed by atoms with Gasteiger partial charge in [-0.05, 0) is 19.8 Å². The number of nitrogens with one attached hydrogen (secondary N) is 1. The fraction of sp³-hybridized carbons (Fsp3) is 0.412. The Morgan fingerprint density at radius 1 is 1.19 bits per heavy atom. The molecule has 0 spiro atoms. The van der Waals surface area contributed by atoms with E-state index in [1.165, 1.54) is 12.4 Å². The minimum absolute atomic E-state index is 0.0394. The van der Waals surface area contributed by atoms with Crippen LogP contribution in [0, 0.1) is 0 Å². The number of carbonyl (C=O) groups excluding carboxylic acids is 1. The molecule has 142 valence electrons. The average Bonchev–Trinajstić information content (AvgIpc) is 3.05. The van der Waals surface area contributed by atoms with Gasteiger partial charge in [0.05, 0.1) is 28.5 Å². The summed E-state index contributed by atoms with van der Waals surface area (Å²) in [6.07, 6.45) is 4.45. The topological polar surface area (TPSA) is 108 Å². The molecule has 3 aromatic rings. The third-order valence-electron chi connectivity index (χ3n) is 3.91. The fourth-order valence-electron chi connectivity index (χ4n) is 2.54. The summed E-state index contributed by atoms with van der Waals surface area (Å²) in [7, 11) is 0. The van der Waals surface area contributed by atoms with Crippen molar-refractivity contribution in [3.05, 3.63) is 39.7 Å². The number of rotatable bonds is 5. The minimum atomic E-state index is -0.461. The Kier molecular flexibility index (Phi) is 5.22. The molecule has 3 heterocycles. The molecular formula is C17H20ClN7O2. The van der Waals surface area contributed by atoms with Crippen molar-refractivity contribution in [3.8, 4) is 0 Å². The normalized spacial score (nSPS) is 11.5. The van der Waals surface area contributed by atoms with Crippen LogP contribution in [0.5, 0.6) is 0 Å². The number of aromatic nitrogens is 6. The minimum Gasteiger partial charge on any atom is -0.293 e. The summed E-state index contributed by atoms with van der Waals surface area (Å²) in [6, 6.07) is 0.107. The van der Waals surface area contributed by atoms with E-state index in [2.05, 4.69) is 25.5 Å². The number of fused-ring (bicyclic) bond motifs is 1. The maximum Gasteiger partial charge on any atom is 0.278 e. The molecule has 0 aromatic carbocycles. The molecule has 3 aromatic heterocycles. The lowest BCUT2D eigenvalue weighted by atomic mass is 10.1. The number of carbonyl (C=O) groups is 1.